The zero-order chi connectivity index (χ0) is 13.9. The smallest absolute Gasteiger partial charge is 0.222 e. The van der Waals surface area contributed by atoms with E-state index < -0.39 is 6.10 Å². The van der Waals surface area contributed by atoms with Crippen LogP contribution in [0.4, 0.5) is 0 Å². The summed E-state index contributed by atoms with van der Waals surface area (Å²) in [5.74, 6) is -0.0961. The van der Waals surface area contributed by atoms with Crippen LogP contribution in [0.1, 0.15) is 23.6 Å². The minimum Gasteiger partial charge on any atom is -0.390 e. The Morgan fingerprint density at radius 2 is 2.30 bits per heavy atom. The van der Waals surface area contributed by atoms with E-state index in [1.165, 1.54) is 6.33 Å². The SMILES string of the molecule is O=C(CCn1cncn1)N[C@@H]1c2ccccc2C[C@@H]1O. The molecule has 0 fully saturated rings. The van der Waals surface area contributed by atoms with Crippen LogP contribution in [0.2, 0.25) is 0 Å². The summed E-state index contributed by atoms with van der Waals surface area (Å²) in [6, 6.07) is 7.49. The summed E-state index contributed by atoms with van der Waals surface area (Å²) in [6.45, 7) is 0.482. The monoisotopic (exact) mass is 272 g/mol. The topological polar surface area (TPSA) is 80.0 Å². The lowest BCUT2D eigenvalue weighted by atomic mass is 10.1. The van der Waals surface area contributed by atoms with E-state index in [9.17, 15) is 9.90 Å². The molecule has 3 rings (SSSR count). The number of hydrogen-bond donors (Lipinski definition) is 2. The Morgan fingerprint density at radius 1 is 1.45 bits per heavy atom. The number of aliphatic hydroxyl groups is 1. The van der Waals surface area contributed by atoms with Crippen LogP contribution in [0.5, 0.6) is 0 Å². The average Bonchev–Trinajstić information content (AvgIpc) is 3.06. The number of benzene rings is 1. The third-order valence-electron chi connectivity index (χ3n) is 3.56. The molecule has 0 radical (unpaired) electrons. The molecule has 0 spiro atoms. The minimum atomic E-state index is -0.553. The van der Waals surface area contributed by atoms with Crippen molar-refractivity contribution in [1.82, 2.24) is 20.1 Å². The van der Waals surface area contributed by atoms with Gasteiger partial charge in [-0.3, -0.25) is 9.48 Å². The van der Waals surface area contributed by atoms with Gasteiger partial charge in [-0.05, 0) is 11.1 Å². The molecule has 0 bridgehead atoms. The first kappa shape index (κ1) is 12.8. The van der Waals surface area contributed by atoms with Crippen molar-refractivity contribution in [2.75, 3.05) is 0 Å². The first-order valence-electron chi connectivity index (χ1n) is 6.61. The molecule has 2 aromatic rings. The Morgan fingerprint density at radius 3 is 3.10 bits per heavy atom. The summed E-state index contributed by atoms with van der Waals surface area (Å²) in [4.78, 5) is 15.8. The highest BCUT2D eigenvalue weighted by Gasteiger charge is 2.31. The zero-order valence-electron chi connectivity index (χ0n) is 10.9. The van der Waals surface area contributed by atoms with Crippen LogP contribution in [-0.2, 0) is 17.8 Å². The Bertz CT molecular complexity index is 597. The predicted octanol–water partition coefficient (Wildman–Crippen LogP) is 0.443. The number of carbonyl (C=O) groups is 1. The molecule has 2 N–H and O–H groups in total. The maximum atomic E-state index is 12.0. The number of aryl methyl sites for hydroxylation is 1. The van der Waals surface area contributed by atoms with E-state index in [1.54, 1.807) is 11.0 Å². The molecule has 0 saturated carbocycles. The van der Waals surface area contributed by atoms with E-state index in [2.05, 4.69) is 15.4 Å². The average molecular weight is 272 g/mol. The molecule has 1 aliphatic carbocycles. The third-order valence-corrected chi connectivity index (χ3v) is 3.56. The fourth-order valence-electron chi connectivity index (χ4n) is 2.56. The first-order chi connectivity index (χ1) is 9.74. The molecule has 1 aromatic carbocycles. The second-order valence-corrected chi connectivity index (χ2v) is 4.92. The second kappa shape index (κ2) is 5.42. The standard InChI is InChI=1S/C14H16N4O2/c19-12-7-10-3-1-2-4-11(10)14(12)17-13(20)5-6-18-9-15-8-16-18/h1-4,8-9,12,14,19H,5-7H2,(H,17,20)/t12-,14+/m0/s1. The summed E-state index contributed by atoms with van der Waals surface area (Å²) in [5, 5.41) is 16.9. The molecular weight excluding hydrogens is 256 g/mol. The number of aromatic nitrogens is 3. The van der Waals surface area contributed by atoms with Gasteiger partial charge in [0.25, 0.3) is 0 Å². The molecule has 1 aromatic heterocycles. The summed E-state index contributed by atoms with van der Waals surface area (Å²) in [5.41, 5.74) is 2.11. The fourth-order valence-corrected chi connectivity index (χ4v) is 2.56. The minimum absolute atomic E-state index is 0.0961. The molecular formula is C14H16N4O2. The molecule has 0 aliphatic heterocycles. The van der Waals surface area contributed by atoms with Crippen LogP contribution < -0.4 is 5.32 Å². The lowest BCUT2D eigenvalue weighted by molar-refractivity contribution is -0.122. The van der Waals surface area contributed by atoms with Gasteiger partial charge in [-0.15, -0.1) is 0 Å². The van der Waals surface area contributed by atoms with Crippen LogP contribution in [-0.4, -0.2) is 31.9 Å². The lowest BCUT2D eigenvalue weighted by Gasteiger charge is -2.17. The van der Waals surface area contributed by atoms with Crippen molar-refractivity contribution in [2.24, 2.45) is 0 Å². The molecule has 0 saturated heterocycles. The summed E-state index contributed by atoms with van der Waals surface area (Å²) in [6.07, 6.45) is 3.36. The number of hydrogen-bond acceptors (Lipinski definition) is 4. The van der Waals surface area contributed by atoms with Crippen LogP contribution in [0.3, 0.4) is 0 Å². The number of fused-ring (bicyclic) bond motifs is 1. The van der Waals surface area contributed by atoms with E-state index in [0.29, 0.717) is 19.4 Å². The van der Waals surface area contributed by atoms with E-state index in [4.69, 9.17) is 0 Å². The Balaban J connectivity index is 1.61. The van der Waals surface area contributed by atoms with Crippen molar-refractivity contribution in [3.8, 4) is 0 Å². The van der Waals surface area contributed by atoms with Gasteiger partial charge in [0.1, 0.15) is 12.7 Å². The quantitative estimate of drug-likeness (QED) is 0.846. The van der Waals surface area contributed by atoms with Gasteiger partial charge in [-0.25, -0.2) is 4.98 Å². The van der Waals surface area contributed by atoms with Crippen molar-refractivity contribution in [3.05, 3.63) is 48.0 Å². The van der Waals surface area contributed by atoms with Gasteiger partial charge in [0, 0.05) is 12.8 Å². The number of nitrogens with zero attached hydrogens (tertiary/aromatic N) is 3. The second-order valence-electron chi connectivity index (χ2n) is 4.92. The third kappa shape index (κ3) is 2.55. The Kier molecular flexibility index (Phi) is 3.47. The highest BCUT2D eigenvalue weighted by atomic mass is 16.3. The molecule has 1 aliphatic rings. The normalized spacial score (nSPS) is 20.6. The number of nitrogens with one attached hydrogen (secondary N) is 1. The lowest BCUT2D eigenvalue weighted by Crippen LogP contribution is -2.34. The molecule has 1 heterocycles. The molecule has 6 nitrogen and oxygen atoms in total. The molecule has 0 unspecified atom stereocenters. The molecule has 6 heteroatoms. The van der Waals surface area contributed by atoms with Gasteiger partial charge in [0.15, 0.2) is 0 Å². The number of carbonyl (C=O) groups excluding carboxylic acids is 1. The van der Waals surface area contributed by atoms with Gasteiger partial charge < -0.3 is 10.4 Å². The molecule has 1 amide bonds. The van der Waals surface area contributed by atoms with Crippen LogP contribution in [0, 0.1) is 0 Å². The van der Waals surface area contributed by atoms with Gasteiger partial charge in [0.2, 0.25) is 5.91 Å². The Labute approximate surface area is 116 Å². The van der Waals surface area contributed by atoms with Crippen LogP contribution in [0.15, 0.2) is 36.9 Å². The van der Waals surface area contributed by atoms with Crippen LogP contribution in [0.25, 0.3) is 0 Å². The van der Waals surface area contributed by atoms with Gasteiger partial charge >= 0.3 is 0 Å². The summed E-state index contributed by atoms with van der Waals surface area (Å²) in [7, 11) is 0. The maximum Gasteiger partial charge on any atom is 0.222 e. The largest absolute Gasteiger partial charge is 0.390 e. The highest BCUT2D eigenvalue weighted by Crippen LogP contribution is 2.31. The van der Waals surface area contributed by atoms with Crippen molar-refractivity contribution in [1.29, 1.82) is 0 Å². The first-order valence-corrected chi connectivity index (χ1v) is 6.61. The van der Waals surface area contributed by atoms with Crippen molar-refractivity contribution in [3.63, 3.8) is 0 Å². The zero-order valence-corrected chi connectivity index (χ0v) is 10.9. The van der Waals surface area contributed by atoms with Crippen molar-refractivity contribution < 1.29 is 9.90 Å². The summed E-state index contributed by atoms with van der Waals surface area (Å²) < 4.78 is 1.61. The number of amides is 1. The molecule has 104 valence electrons. The van der Waals surface area contributed by atoms with E-state index >= 15 is 0 Å². The van der Waals surface area contributed by atoms with Crippen molar-refractivity contribution >= 4 is 5.91 Å². The van der Waals surface area contributed by atoms with E-state index in [-0.39, 0.29) is 11.9 Å². The van der Waals surface area contributed by atoms with Gasteiger partial charge in [-0.1, -0.05) is 24.3 Å². The Hall–Kier alpha value is -2.21. The van der Waals surface area contributed by atoms with E-state index in [0.717, 1.165) is 11.1 Å². The number of rotatable bonds is 4. The fraction of sp³-hybridized carbons (Fsp3) is 0.357. The van der Waals surface area contributed by atoms with E-state index in [1.807, 2.05) is 24.3 Å². The predicted molar refractivity (Wildman–Crippen MR) is 71.7 cm³/mol. The van der Waals surface area contributed by atoms with Crippen LogP contribution >= 0.6 is 0 Å². The van der Waals surface area contributed by atoms with Gasteiger partial charge in [0.05, 0.1) is 18.7 Å². The number of aliphatic hydroxyl groups excluding tert-OH is 1. The molecule has 2 atom stereocenters. The van der Waals surface area contributed by atoms with Crippen molar-refractivity contribution in [2.45, 2.75) is 31.5 Å². The summed E-state index contributed by atoms with van der Waals surface area (Å²) >= 11 is 0. The molecule has 20 heavy (non-hydrogen) atoms. The van der Waals surface area contributed by atoms with Gasteiger partial charge in [-0.2, -0.15) is 5.10 Å². The highest BCUT2D eigenvalue weighted by molar-refractivity contribution is 5.76. The maximum absolute atomic E-state index is 12.0.